The van der Waals surface area contributed by atoms with Crippen molar-refractivity contribution in [3.63, 3.8) is 0 Å². The van der Waals surface area contributed by atoms with Crippen molar-refractivity contribution in [2.75, 3.05) is 0 Å². The summed E-state index contributed by atoms with van der Waals surface area (Å²) in [7, 11) is 0. The first-order valence-corrected chi connectivity index (χ1v) is 20.2. The van der Waals surface area contributed by atoms with Crippen LogP contribution in [0.15, 0.2) is 212 Å². The summed E-state index contributed by atoms with van der Waals surface area (Å²) in [6.07, 6.45) is 0.919. The van der Waals surface area contributed by atoms with Gasteiger partial charge in [-0.15, -0.1) is 0 Å². The Kier molecular flexibility index (Phi) is 7.36. The maximum Gasteiger partial charge on any atom is 0.0541 e. The zero-order chi connectivity index (χ0) is 38.2. The Morgan fingerprint density at radius 3 is 1.36 bits per heavy atom. The van der Waals surface area contributed by atoms with Crippen molar-refractivity contribution in [3.05, 3.63) is 223 Å². The normalized spacial score (nSPS) is 12.1. The maximum absolute atomic E-state index is 2.48. The Bertz CT molecular complexity index is 3260. The van der Waals surface area contributed by atoms with Gasteiger partial charge in [0, 0.05) is 16.5 Å². The third kappa shape index (κ3) is 5.25. The second-order valence-corrected chi connectivity index (χ2v) is 15.7. The second-order valence-electron chi connectivity index (χ2n) is 15.7. The van der Waals surface area contributed by atoms with Crippen LogP contribution >= 0.6 is 0 Å². The van der Waals surface area contributed by atoms with E-state index in [1.54, 1.807) is 0 Å². The molecule has 0 amide bonds. The van der Waals surface area contributed by atoms with E-state index in [-0.39, 0.29) is 0 Å². The molecule has 1 heterocycles. The van der Waals surface area contributed by atoms with Crippen molar-refractivity contribution in [2.45, 2.75) is 6.42 Å². The molecule has 0 bridgehead atoms. The fraction of sp³-hybridized carbons (Fsp3) is 0.0175. The average Bonchev–Trinajstić information content (AvgIpc) is 3.83. The lowest BCUT2D eigenvalue weighted by Crippen LogP contribution is -1.95. The lowest BCUT2D eigenvalue weighted by molar-refractivity contribution is 1.16. The van der Waals surface area contributed by atoms with E-state index >= 15 is 0 Å². The molecule has 58 heavy (non-hydrogen) atoms. The van der Waals surface area contributed by atoms with Crippen molar-refractivity contribution < 1.29 is 0 Å². The van der Waals surface area contributed by atoms with Gasteiger partial charge in [0.15, 0.2) is 0 Å². The van der Waals surface area contributed by atoms with Crippen LogP contribution in [0.3, 0.4) is 0 Å². The van der Waals surface area contributed by atoms with Crippen LogP contribution < -0.4 is 0 Å². The number of aromatic nitrogens is 1. The Morgan fingerprint density at radius 1 is 0.276 bits per heavy atom. The summed E-state index contributed by atoms with van der Waals surface area (Å²) in [5.74, 6) is 0. The van der Waals surface area contributed by atoms with E-state index in [9.17, 15) is 0 Å². The molecule has 1 nitrogen and oxygen atoms in total. The number of nitrogens with zero attached hydrogens (tertiary/aromatic N) is 1. The fourth-order valence-corrected chi connectivity index (χ4v) is 9.59. The highest BCUT2D eigenvalue weighted by molar-refractivity contribution is 6.13. The molecule has 0 spiro atoms. The fourth-order valence-electron chi connectivity index (χ4n) is 9.59. The van der Waals surface area contributed by atoms with Crippen molar-refractivity contribution in [1.82, 2.24) is 4.57 Å². The van der Waals surface area contributed by atoms with Crippen LogP contribution in [0.1, 0.15) is 11.1 Å². The van der Waals surface area contributed by atoms with Gasteiger partial charge in [0.25, 0.3) is 0 Å². The van der Waals surface area contributed by atoms with E-state index in [2.05, 4.69) is 217 Å². The van der Waals surface area contributed by atoms with Gasteiger partial charge in [-0.05, 0) is 131 Å². The molecule has 0 unspecified atom stereocenters. The summed E-state index contributed by atoms with van der Waals surface area (Å²) in [5.41, 5.74) is 19.0. The van der Waals surface area contributed by atoms with Gasteiger partial charge in [0.1, 0.15) is 0 Å². The molecule has 0 N–H and O–H groups in total. The average molecular weight is 736 g/mol. The number of fused-ring (bicyclic) bond motifs is 8. The molecule has 0 saturated heterocycles. The molecular formula is C57H37N. The highest BCUT2D eigenvalue weighted by atomic mass is 15.0. The monoisotopic (exact) mass is 735 g/mol. The lowest BCUT2D eigenvalue weighted by atomic mass is 9.95. The molecule has 0 saturated carbocycles. The van der Waals surface area contributed by atoms with E-state index in [0.29, 0.717) is 0 Å². The van der Waals surface area contributed by atoms with Crippen LogP contribution in [0.2, 0.25) is 0 Å². The highest BCUT2D eigenvalue weighted by Gasteiger charge is 2.22. The Labute approximate surface area is 337 Å². The molecule has 1 aliphatic carbocycles. The van der Waals surface area contributed by atoms with Gasteiger partial charge in [-0.25, -0.2) is 0 Å². The van der Waals surface area contributed by atoms with Crippen LogP contribution in [0, 0.1) is 0 Å². The van der Waals surface area contributed by atoms with E-state index < -0.39 is 0 Å². The van der Waals surface area contributed by atoms with Crippen LogP contribution in [0.4, 0.5) is 0 Å². The summed E-state index contributed by atoms with van der Waals surface area (Å²) >= 11 is 0. The zero-order valence-corrected chi connectivity index (χ0v) is 31.9. The van der Waals surface area contributed by atoms with Crippen molar-refractivity contribution >= 4 is 43.4 Å². The minimum atomic E-state index is 0.919. The van der Waals surface area contributed by atoms with Crippen LogP contribution in [0.25, 0.3) is 105 Å². The van der Waals surface area contributed by atoms with Crippen LogP contribution in [-0.4, -0.2) is 4.57 Å². The molecule has 1 heteroatoms. The molecule has 0 atom stereocenters. The predicted octanol–water partition coefficient (Wildman–Crippen LogP) is 15.3. The number of rotatable bonds is 5. The number of hydrogen-bond donors (Lipinski definition) is 0. The van der Waals surface area contributed by atoms with Gasteiger partial charge in [0.2, 0.25) is 0 Å². The van der Waals surface area contributed by atoms with Crippen LogP contribution in [0.5, 0.6) is 0 Å². The number of benzene rings is 10. The van der Waals surface area contributed by atoms with Gasteiger partial charge in [-0.2, -0.15) is 0 Å². The molecule has 270 valence electrons. The molecule has 0 aliphatic heterocycles. The SMILES string of the molecule is c1ccc(-c2ccc(-c3ccc4c(c3)Cc3cc(-n5c6ccc(-c7cccc8ccccc78)cc6c6cc(-c7cccc8ccccc78)ccc65)ccc3-4)cc2)cc1. The smallest absolute Gasteiger partial charge is 0.0541 e. The molecule has 0 fully saturated rings. The van der Waals surface area contributed by atoms with Gasteiger partial charge >= 0.3 is 0 Å². The largest absolute Gasteiger partial charge is 0.309 e. The van der Waals surface area contributed by atoms with E-state index in [1.807, 2.05) is 0 Å². The lowest BCUT2D eigenvalue weighted by Gasteiger charge is -2.12. The Balaban J connectivity index is 0.977. The summed E-state index contributed by atoms with van der Waals surface area (Å²) in [5, 5.41) is 7.58. The van der Waals surface area contributed by atoms with Gasteiger partial charge in [-0.3, -0.25) is 0 Å². The molecule has 10 aromatic carbocycles. The second kappa shape index (κ2) is 13.0. The molecular weight excluding hydrogens is 699 g/mol. The van der Waals surface area contributed by atoms with Crippen molar-refractivity contribution in [2.24, 2.45) is 0 Å². The molecule has 12 rings (SSSR count). The number of hydrogen-bond acceptors (Lipinski definition) is 0. The van der Waals surface area contributed by atoms with Crippen molar-refractivity contribution in [1.29, 1.82) is 0 Å². The third-order valence-corrected chi connectivity index (χ3v) is 12.4. The van der Waals surface area contributed by atoms with Gasteiger partial charge in [0.05, 0.1) is 11.0 Å². The molecule has 11 aromatic rings. The molecule has 1 aromatic heterocycles. The third-order valence-electron chi connectivity index (χ3n) is 12.4. The maximum atomic E-state index is 2.48. The Hall–Kier alpha value is -7.48. The predicted molar refractivity (Wildman–Crippen MR) is 246 cm³/mol. The topological polar surface area (TPSA) is 4.93 Å². The molecule has 0 radical (unpaired) electrons. The van der Waals surface area contributed by atoms with E-state index in [0.717, 1.165) is 6.42 Å². The molecule has 1 aliphatic rings. The summed E-state index contributed by atoms with van der Waals surface area (Å²) in [6, 6.07) is 78.5. The standard InChI is InChI=1S/C57H37N/c1-2-10-37(11-3-1)38-20-22-39(23-21-38)42-24-28-52-45(32-42)33-46-34-47(27-29-53(46)52)58-56-30-25-43(50-18-8-14-40-12-4-6-16-48(40)50)35-54(56)55-36-44(26-31-57(55)58)51-19-9-15-41-13-5-7-17-49(41)51/h1-32,34-36H,33H2. The quantitative estimate of drug-likeness (QED) is 0.166. The van der Waals surface area contributed by atoms with Crippen LogP contribution in [-0.2, 0) is 6.42 Å². The summed E-state index contributed by atoms with van der Waals surface area (Å²) in [4.78, 5) is 0. The minimum Gasteiger partial charge on any atom is -0.309 e. The first-order chi connectivity index (χ1) is 28.7. The first kappa shape index (κ1) is 32.7. The minimum absolute atomic E-state index is 0.919. The Morgan fingerprint density at radius 2 is 0.741 bits per heavy atom. The highest BCUT2D eigenvalue weighted by Crippen LogP contribution is 2.43. The van der Waals surface area contributed by atoms with Gasteiger partial charge < -0.3 is 4.57 Å². The van der Waals surface area contributed by atoms with Crippen molar-refractivity contribution in [3.8, 4) is 61.3 Å². The van der Waals surface area contributed by atoms with E-state index in [4.69, 9.17) is 0 Å². The van der Waals surface area contributed by atoms with Gasteiger partial charge in [-0.1, -0.05) is 176 Å². The summed E-state index contributed by atoms with van der Waals surface area (Å²) < 4.78 is 2.48. The zero-order valence-electron chi connectivity index (χ0n) is 31.9. The first-order valence-electron chi connectivity index (χ1n) is 20.2. The van der Waals surface area contributed by atoms with E-state index in [1.165, 1.54) is 116 Å². The summed E-state index contributed by atoms with van der Waals surface area (Å²) in [6.45, 7) is 0.